The summed E-state index contributed by atoms with van der Waals surface area (Å²) < 4.78 is 25.4. The zero-order valence-corrected chi connectivity index (χ0v) is 12.2. The second-order valence-corrected chi connectivity index (χ2v) is 7.41. The lowest BCUT2D eigenvalue weighted by molar-refractivity contribution is 0.177. The third-order valence-corrected chi connectivity index (χ3v) is 5.36. The van der Waals surface area contributed by atoms with Gasteiger partial charge in [0.15, 0.2) is 0 Å². The summed E-state index contributed by atoms with van der Waals surface area (Å²) in [6.07, 6.45) is 4.17. The number of piperidine rings is 1. The lowest BCUT2D eigenvalue weighted by Crippen LogP contribution is -2.38. The molecule has 1 fully saturated rings. The number of aliphatic hydroxyl groups is 1. The highest BCUT2D eigenvalue weighted by atomic mass is 32.2. The Balaban J connectivity index is 2.33. The lowest BCUT2D eigenvalue weighted by atomic mass is 10.0. The van der Waals surface area contributed by atoms with Gasteiger partial charge in [-0.1, -0.05) is 6.42 Å². The molecule has 2 unspecified atom stereocenters. The molecule has 1 rings (SSSR count). The van der Waals surface area contributed by atoms with Gasteiger partial charge in [0.25, 0.3) is 0 Å². The number of nitrogens with one attached hydrogen (secondary N) is 1. The van der Waals surface area contributed by atoms with Crippen LogP contribution < -0.4 is 5.32 Å². The van der Waals surface area contributed by atoms with E-state index in [4.69, 9.17) is 5.11 Å². The van der Waals surface area contributed by atoms with Crippen molar-refractivity contribution in [3.8, 4) is 0 Å². The van der Waals surface area contributed by atoms with Gasteiger partial charge in [0.05, 0.1) is 11.9 Å². The first-order valence-corrected chi connectivity index (χ1v) is 8.38. The molecule has 1 aliphatic heterocycles. The summed E-state index contributed by atoms with van der Waals surface area (Å²) in [5.41, 5.74) is 0. The van der Waals surface area contributed by atoms with Crippen molar-refractivity contribution in [3.05, 3.63) is 0 Å². The van der Waals surface area contributed by atoms with E-state index in [1.807, 2.05) is 0 Å². The molecular formula is C12H26N2O3S. The summed E-state index contributed by atoms with van der Waals surface area (Å²) in [6, 6.07) is 0.346. The first kappa shape index (κ1) is 15.9. The maximum Gasteiger partial charge on any atom is 0.213 e. The Hall–Kier alpha value is -0.170. The molecule has 108 valence electrons. The molecule has 0 aromatic carbocycles. The number of aliphatic hydroxyl groups excluding tert-OH is 1. The second kappa shape index (κ2) is 7.43. The molecule has 1 aliphatic rings. The smallest absolute Gasteiger partial charge is 0.213 e. The second-order valence-electron chi connectivity index (χ2n) is 5.21. The average Bonchev–Trinajstić information content (AvgIpc) is 2.34. The average molecular weight is 278 g/mol. The molecule has 18 heavy (non-hydrogen) atoms. The van der Waals surface area contributed by atoms with Gasteiger partial charge in [-0.25, -0.2) is 12.7 Å². The van der Waals surface area contributed by atoms with Crippen LogP contribution in [0.3, 0.4) is 0 Å². The van der Waals surface area contributed by atoms with Gasteiger partial charge in [-0.3, -0.25) is 0 Å². The maximum atomic E-state index is 12.0. The minimum absolute atomic E-state index is 0.195. The minimum Gasteiger partial charge on any atom is -0.393 e. The molecule has 0 spiro atoms. The van der Waals surface area contributed by atoms with E-state index in [0.717, 1.165) is 13.0 Å². The third-order valence-electron chi connectivity index (χ3n) is 3.47. The van der Waals surface area contributed by atoms with Gasteiger partial charge in [0, 0.05) is 19.6 Å². The predicted molar refractivity (Wildman–Crippen MR) is 73.0 cm³/mol. The number of nitrogens with zero attached hydrogens (tertiary/aromatic N) is 1. The summed E-state index contributed by atoms with van der Waals surface area (Å²) in [6.45, 7) is 3.06. The number of sulfonamides is 1. The van der Waals surface area contributed by atoms with Crippen LogP contribution in [0, 0.1) is 0 Å². The van der Waals surface area contributed by atoms with Crippen LogP contribution in [0.1, 0.15) is 39.0 Å². The fourth-order valence-corrected chi connectivity index (χ4v) is 3.40. The van der Waals surface area contributed by atoms with E-state index in [1.165, 1.54) is 17.1 Å². The van der Waals surface area contributed by atoms with Crippen LogP contribution in [-0.4, -0.2) is 55.9 Å². The highest BCUT2D eigenvalue weighted by Gasteiger charge is 2.21. The van der Waals surface area contributed by atoms with Crippen molar-refractivity contribution in [2.24, 2.45) is 0 Å². The summed E-state index contributed by atoms with van der Waals surface area (Å²) in [5, 5.41) is 12.5. The van der Waals surface area contributed by atoms with Crippen LogP contribution in [0.5, 0.6) is 0 Å². The van der Waals surface area contributed by atoms with Crippen molar-refractivity contribution in [1.29, 1.82) is 0 Å². The van der Waals surface area contributed by atoms with Gasteiger partial charge < -0.3 is 10.4 Å². The Bertz CT molecular complexity index is 324. The molecule has 0 aromatic rings. The highest BCUT2D eigenvalue weighted by Crippen LogP contribution is 2.12. The van der Waals surface area contributed by atoms with Crippen LogP contribution in [0.25, 0.3) is 0 Å². The van der Waals surface area contributed by atoms with Gasteiger partial charge >= 0.3 is 0 Å². The number of hydrogen-bond acceptors (Lipinski definition) is 4. The van der Waals surface area contributed by atoms with E-state index in [2.05, 4.69) is 5.32 Å². The topological polar surface area (TPSA) is 69.6 Å². The minimum atomic E-state index is -3.17. The van der Waals surface area contributed by atoms with Crippen LogP contribution >= 0.6 is 0 Å². The molecule has 0 amide bonds. The van der Waals surface area contributed by atoms with Gasteiger partial charge in [0.2, 0.25) is 10.0 Å². The fourth-order valence-electron chi connectivity index (χ4n) is 2.13. The van der Waals surface area contributed by atoms with E-state index >= 15 is 0 Å². The molecule has 6 heteroatoms. The van der Waals surface area contributed by atoms with E-state index in [-0.39, 0.29) is 5.75 Å². The Morgan fingerprint density at radius 2 is 2.17 bits per heavy atom. The highest BCUT2D eigenvalue weighted by molar-refractivity contribution is 7.89. The molecule has 0 radical (unpaired) electrons. The Morgan fingerprint density at radius 3 is 2.72 bits per heavy atom. The van der Waals surface area contributed by atoms with Crippen LogP contribution in [-0.2, 0) is 10.0 Å². The third kappa shape index (κ3) is 5.65. The lowest BCUT2D eigenvalue weighted by Gasteiger charge is -2.24. The van der Waals surface area contributed by atoms with Gasteiger partial charge in [-0.15, -0.1) is 0 Å². The molecule has 1 saturated heterocycles. The molecule has 0 aromatic heterocycles. The first-order chi connectivity index (χ1) is 8.42. The zero-order valence-electron chi connectivity index (χ0n) is 11.4. The first-order valence-electron chi connectivity index (χ1n) is 6.77. The molecule has 0 saturated carbocycles. The van der Waals surface area contributed by atoms with Gasteiger partial charge in [0.1, 0.15) is 0 Å². The van der Waals surface area contributed by atoms with E-state index in [9.17, 15) is 8.42 Å². The van der Waals surface area contributed by atoms with Crippen LogP contribution in [0.4, 0.5) is 0 Å². The van der Waals surface area contributed by atoms with E-state index in [0.29, 0.717) is 25.4 Å². The predicted octanol–water partition coefficient (Wildman–Crippen LogP) is 0.551. The molecule has 0 bridgehead atoms. The fraction of sp³-hybridized carbons (Fsp3) is 1.00. The van der Waals surface area contributed by atoms with Crippen molar-refractivity contribution in [2.45, 2.75) is 51.2 Å². The SMILES string of the molecule is CC(O)CCN(C)S(=O)(=O)CCC1CCCCN1. The van der Waals surface area contributed by atoms with E-state index < -0.39 is 16.1 Å². The van der Waals surface area contributed by atoms with Gasteiger partial charge in [-0.2, -0.15) is 0 Å². The maximum absolute atomic E-state index is 12.0. The molecule has 5 nitrogen and oxygen atoms in total. The summed E-state index contributed by atoms with van der Waals surface area (Å²) in [7, 11) is -1.58. The molecule has 2 atom stereocenters. The van der Waals surface area contributed by atoms with Crippen molar-refractivity contribution >= 4 is 10.0 Å². The van der Waals surface area contributed by atoms with Gasteiger partial charge in [-0.05, 0) is 39.2 Å². The molecule has 2 N–H and O–H groups in total. The quantitative estimate of drug-likeness (QED) is 0.713. The molecular weight excluding hydrogens is 252 g/mol. The van der Waals surface area contributed by atoms with Crippen molar-refractivity contribution < 1.29 is 13.5 Å². The van der Waals surface area contributed by atoms with E-state index in [1.54, 1.807) is 14.0 Å². The van der Waals surface area contributed by atoms with Crippen molar-refractivity contribution in [1.82, 2.24) is 9.62 Å². The molecule has 0 aliphatic carbocycles. The summed E-state index contributed by atoms with van der Waals surface area (Å²) in [5.74, 6) is 0.195. The normalized spacial score (nSPS) is 23.2. The van der Waals surface area contributed by atoms with Crippen LogP contribution in [0.15, 0.2) is 0 Å². The Labute approximate surface area is 111 Å². The number of rotatable bonds is 7. The summed E-state index contributed by atoms with van der Waals surface area (Å²) >= 11 is 0. The Morgan fingerprint density at radius 1 is 1.44 bits per heavy atom. The van der Waals surface area contributed by atoms with Crippen molar-refractivity contribution in [3.63, 3.8) is 0 Å². The Kier molecular flexibility index (Phi) is 6.55. The summed E-state index contributed by atoms with van der Waals surface area (Å²) in [4.78, 5) is 0. The monoisotopic (exact) mass is 278 g/mol. The standard InChI is InChI=1S/C12H26N2O3S/c1-11(15)6-9-14(2)18(16,17)10-7-12-5-3-4-8-13-12/h11-13,15H,3-10H2,1-2H3. The van der Waals surface area contributed by atoms with Crippen LogP contribution in [0.2, 0.25) is 0 Å². The zero-order chi connectivity index (χ0) is 13.6. The molecule has 1 heterocycles. The number of hydrogen-bond donors (Lipinski definition) is 2. The largest absolute Gasteiger partial charge is 0.393 e. The van der Waals surface area contributed by atoms with Crippen molar-refractivity contribution in [2.75, 3.05) is 25.9 Å².